The fourth-order valence-corrected chi connectivity index (χ4v) is 2.23. The lowest BCUT2D eigenvalue weighted by Crippen LogP contribution is -2.26. The Morgan fingerprint density at radius 1 is 1.43 bits per heavy atom. The first-order valence-electron chi connectivity index (χ1n) is 6.32. The zero-order valence-corrected chi connectivity index (χ0v) is 13.0. The van der Waals surface area contributed by atoms with Gasteiger partial charge in [-0.05, 0) is 0 Å². The molecule has 10 heteroatoms. The number of nitrogens with zero attached hydrogens (tertiary/aromatic N) is 3. The summed E-state index contributed by atoms with van der Waals surface area (Å²) in [7, 11) is 1.25. The van der Waals surface area contributed by atoms with Gasteiger partial charge in [0.2, 0.25) is 5.91 Å². The average molecular weight is 334 g/mol. The van der Waals surface area contributed by atoms with Gasteiger partial charge in [0.15, 0.2) is 16.7 Å². The van der Waals surface area contributed by atoms with E-state index in [0.29, 0.717) is 16.7 Å². The smallest absolute Gasteiger partial charge is 0.358 e. The molecular formula is C13H14N6O3S. The highest BCUT2D eigenvalue weighted by Gasteiger charge is 2.12. The summed E-state index contributed by atoms with van der Waals surface area (Å²) >= 11 is 1.17. The van der Waals surface area contributed by atoms with Crippen LogP contribution >= 0.6 is 11.8 Å². The van der Waals surface area contributed by atoms with Gasteiger partial charge in [-0.2, -0.15) is 0 Å². The van der Waals surface area contributed by atoms with E-state index in [1.807, 2.05) is 0 Å². The van der Waals surface area contributed by atoms with Crippen molar-refractivity contribution in [1.29, 1.82) is 0 Å². The predicted molar refractivity (Wildman–Crippen MR) is 86.4 cm³/mol. The maximum Gasteiger partial charge on any atom is 0.358 e. The van der Waals surface area contributed by atoms with Crippen molar-refractivity contribution >= 4 is 34.6 Å². The average Bonchev–Trinajstić information content (AvgIpc) is 2.52. The molecule has 23 heavy (non-hydrogen) atoms. The molecule has 0 saturated carbocycles. The molecule has 0 radical (unpaired) electrons. The number of nitrogens with one attached hydrogen (secondary N) is 2. The van der Waals surface area contributed by atoms with E-state index in [2.05, 4.69) is 36.9 Å². The molecule has 1 aromatic heterocycles. The maximum atomic E-state index is 11.9. The molecule has 1 aliphatic rings. The second-order valence-corrected chi connectivity index (χ2v) is 5.22. The molecular weight excluding hydrogens is 320 g/mol. The molecule has 0 spiro atoms. The number of methoxy groups -OCH3 is 1. The van der Waals surface area contributed by atoms with Crippen molar-refractivity contribution in [3.05, 3.63) is 42.3 Å². The summed E-state index contributed by atoms with van der Waals surface area (Å²) in [6, 6.07) is 0. The summed E-state index contributed by atoms with van der Waals surface area (Å²) in [5.41, 5.74) is 6.26. The van der Waals surface area contributed by atoms with E-state index in [1.165, 1.54) is 31.3 Å². The van der Waals surface area contributed by atoms with Crippen LogP contribution in [0, 0.1) is 0 Å². The fourth-order valence-electron chi connectivity index (χ4n) is 1.51. The van der Waals surface area contributed by atoms with Crippen LogP contribution in [-0.4, -0.2) is 39.9 Å². The second-order valence-electron chi connectivity index (χ2n) is 4.25. The highest BCUT2D eigenvalue weighted by Crippen LogP contribution is 2.11. The summed E-state index contributed by atoms with van der Waals surface area (Å²) in [6.45, 7) is 3.72. The van der Waals surface area contributed by atoms with Crippen molar-refractivity contribution in [3.8, 4) is 0 Å². The minimum absolute atomic E-state index is 0.0569. The van der Waals surface area contributed by atoms with Crippen LogP contribution in [0.1, 0.15) is 10.5 Å². The van der Waals surface area contributed by atoms with E-state index in [4.69, 9.17) is 5.73 Å². The molecule has 1 aromatic rings. The number of thioether (sulfide) groups is 1. The van der Waals surface area contributed by atoms with Gasteiger partial charge in [-0.15, -0.1) is 0 Å². The van der Waals surface area contributed by atoms with Gasteiger partial charge in [0.05, 0.1) is 25.3 Å². The zero-order chi connectivity index (χ0) is 16.8. The van der Waals surface area contributed by atoms with Crippen molar-refractivity contribution in [3.63, 3.8) is 0 Å². The number of aliphatic imine (C=N–C) groups is 1. The molecule has 0 aliphatic carbocycles. The lowest BCUT2D eigenvalue weighted by atomic mass is 10.4. The highest BCUT2D eigenvalue weighted by molar-refractivity contribution is 8.14. The number of carbonyl (C=O) groups is 2. The van der Waals surface area contributed by atoms with Crippen LogP contribution in [0.5, 0.6) is 0 Å². The van der Waals surface area contributed by atoms with Crippen LogP contribution in [-0.2, 0) is 9.53 Å². The topological polar surface area (TPSA) is 132 Å². The van der Waals surface area contributed by atoms with Gasteiger partial charge in [0, 0.05) is 11.8 Å². The molecule has 120 valence electrons. The Morgan fingerprint density at radius 2 is 2.22 bits per heavy atom. The van der Waals surface area contributed by atoms with Crippen LogP contribution < -0.4 is 16.4 Å². The van der Waals surface area contributed by atoms with Gasteiger partial charge in [-0.25, -0.2) is 19.8 Å². The largest absolute Gasteiger partial charge is 0.464 e. The molecule has 0 saturated heterocycles. The minimum atomic E-state index is -0.599. The van der Waals surface area contributed by atoms with Crippen molar-refractivity contribution in [2.24, 2.45) is 10.7 Å². The van der Waals surface area contributed by atoms with Crippen LogP contribution in [0.2, 0.25) is 0 Å². The van der Waals surface area contributed by atoms with Gasteiger partial charge in [0.25, 0.3) is 0 Å². The van der Waals surface area contributed by atoms with E-state index in [9.17, 15) is 9.59 Å². The molecule has 0 fully saturated rings. The maximum absolute atomic E-state index is 11.9. The number of aromatic nitrogens is 2. The molecule has 2 heterocycles. The number of anilines is 1. The van der Waals surface area contributed by atoms with Gasteiger partial charge < -0.3 is 21.1 Å². The summed E-state index contributed by atoms with van der Waals surface area (Å²) in [6.07, 6.45) is 4.08. The monoisotopic (exact) mass is 334 g/mol. The third-order valence-corrected chi connectivity index (χ3v) is 3.35. The van der Waals surface area contributed by atoms with Crippen LogP contribution in [0.15, 0.2) is 41.6 Å². The van der Waals surface area contributed by atoms with Crippen molar-refractivity contribution in [2.75, 3.05) is 18.2 Å². The Bertz CT molecular complexity index is 698. The summed E-state index contributed by atoms with van der Waals surface area (Å²) < 4.78 is 4.51. The van der Waals surface area contributed by atoms with Crippen LogP contribution in [0.4, 0.5) is 5.82 Å². The third-order valence-electron chi connectivity index (χ3n) is 2.47. The van der Waals surface area contributed by atoms with Crippen molar-refractivity contribution < 1.29 is 14.3 Å². The molecule has 0 unspecified atom stereocenters. The number of hydrogen-bond donors (Lipinski definition) is 3. The van der Waals surface area contributed by atoms with E-state index in [-0.39, 0.29) is 23.2 Å². The number of ether oxygens (including phenoxy) is 1. The number of allylic oxidation sites excluding steroid dienone is 1. The van der Waals surface area contributed by atoms with E-state index in [0.717, 1.165) is 0 Å². The first-order valence-corrected chi connectivity index (χ1v) is 7.31. The first-order chi connectivity index (χ1) is 11.0. The molecule has 0 bridgehead atoms. The molecule has 4 N–H and O–H groups in total. The van der Waals surface area contributed by atoms with Crippen LogP contribution in [0.25, 0.3) is 0 Å². The number of nitrogens with two attached hydrogens (primary N) is 1. The summed E-state index contributed by atoms with van der Waals surface area (Å²) in [5.74, 6) is -0.268. The SMILES string of the molecule is C=C1C=C(N)N=C(SCC(=O)Nc2cnc(C(=O)OC)cn2)N1. The molecule has 0 aromatic carbocycles. The van der Waals surface area contributed by atoms with Crippen molar-refractivity contribution in [1.82, 2.24) is 15.3 Å². The number of amides is 1. The Labute approximate surface area is 136 Å². The number of hydrogen-bond acceptors (Lipinski definition) is 9. The first kappa shape index (κ1) is 16.5. The Kier molecular flexibility index (Phi) is 5.31. The standard InChI is InChI=1S/C13H14N6O3S/c1-7-3-9(14)18-13(17-7)23-6-11(20)19-10-5-15-8(4-16-10)12(21)22-2/h3-5H,1,6,14H2,2H3,(H,17,18)(H,16,19,20). The van der Waals surface area contributed by atoms with E-state index in [1.54, 1.807) is 6.08 Å². The molecule has 9 nitrogen and oxygen atoms in total. The van der Waals surface area contributed by atoms with Gasteiger partial charge >= 0.3 is 5.97 Å². The normalized spacial score (nSPS) is 13.5. The molecule has 0 atom stereocenters. The third kappa shape index (κ3) is 4.81. The number of rotatable bonds is 4. The van der Waals surface area contributed by atoms with E-state index < -0.39 is 5.97 Å². The number of amidine groups is 1. The van der Waals surface area contributed by atoms with Crippen molar-refractivity contribution in [2.45, 2.75) is 0 Å². The quantitative estimate of drug-likeness (QED) is 0.666. The zero-order valence-electron chi connectivity index (χ0n) is 12.2. The van der Waals surface area contributed by atoms with Gasteiger partial charge in [0.1, 0.15) is 5.82 Å². The lowest BCUT2D eigenvalue weighted by molar-refractivity contribution is -0.113. The number of esters is 1. The Morgan fingerprint density at radius 3 is 2.83 bits per heavy atom. The highest BCUT2D eigenvalue weighted by atomic mass is 32.2. The lowest BCUT2D eigenvalue weighted by Gasteiger charge is -2.13. The van der Waals surface area contributed by atoms with E-state index >= 15 is 0 Å². The van der Waals surface area contributed by atoms with Crippen LogP contribution in [0.3, 0.4) is 0 Å². The summed E-state index contributed by atoms with van der Waals surface area (Å²) in [4.78, 5) is 34.9. The molecule has 1 aliphatic heterocycles. The second kappa shape index (κ2) is 7.40. The number of carbonyl (C=O) groups excluding carboxylic acids is 2. The minimum Gasteiger partial charge on any atom is -0.464 e. The Hall–Kier alpha value is -2.88. The molecule has 2 rings (SSSR count). The fraction of sp³-hybridized carbons (Fsp3) is 0.154. The predicted octanol–water partition coefficient (Wildman–Crippen LogP) is 0.208. The Balaban J connectivity index is 1.86. The molecule has 1 amide bonds. The summed E-state index contributed by atoms with van der Waals surface area (Å²) in [5, 5.41) is 5.93. The van der Waals surface area contributed by atoms with Gasteiger partial charge in [-0.3, -0.25) is 4.79 Å². The van der Waals surface area contributed by atoms with Gasteiger partial charge in [-0.1, -0.05) is 18.3 Å².